The van der Waals surface area contributed by atoms with Gasteiger partial charge in [0.15, 0.2) is 5.69 Å². The van der Waals surface area contributed by atoms with Gasteiger partial charge in [0.05, 0.1) is 11.8 Å². The molecule has 8 nitrogen and oxygen atoms in total. The molecule has 1 heterocycles. The number of oxazole rings is 1. The molecule has 1 saturated carbocycles. The standard InChI is InChI=1S/C31H26F3N3O5/c1-37(29(39)23-8-5-9-24(23)30(40)41)22-16-12-19(13-17-22)18-10-14-21(15-11-18)35-27(38)25-26(31(32,33)34)42-28(36-25)20-6-3-2-4-7-20/h2-4,6-7,10-17,23-24H,5,8-9H2,1H3,(H,35,38)(H,40,41)/t23-,24-/m0/s1. The van der Waals surface area contributed by atoms with Crippen LogP contribution in [0.3, 0.4) is 0 Å². The van der Waals surface area contributed by atoms with Crippen LogP contribution >= 0.6 is 0 Å². The number of hydrogen-bond donors (Lipinski definition) is 2. The number of carboxylic acids is 1. The SMILES string of the molecule is CN(C(=O)[C@H]1CCC[C@@H]1C(=O)O)c1ccc(-c2ccc(NC(=O)c3nc(-c4ccccc4)oc3C(F)(F)F)cc2)cc1. The number of amides is 2. The van der Waals surface area contributed by atoms with Crippen LogP contribution in [-0.4, -0.2) is 34.9 Å². The number of halogens is 3. The summed E-state index contributed by atoms with van der Waals surface area (Å²) >= 11 is 0. The Labute approximate surface area is 238 Å². The number of nitrogens with one attached hydrogen (secondary N) is 1. The number of benzene rings is 3. The summed E-state index contributed by atoms with van der Waals surface area (Å²) in [6, 6.07) is 21.6. The van der Waals surface area contributed by atoms with E-state index in [-0.39, 0.29) is 17.5 Å². The number of carbonyl (C=O) groups is 3. The van der Waals surface area contributed by atoms with Gasteiger partial charge in [0.2, 0.25) is 17.6 Å². The first-order valence-electron chi connectivity index (χ1n) is 13.2. The number of aromatic nitrogens is 1. The van der Waals surface area contributed by atoms with Crippen LogP contribution in [0.4, 0.5) is 24.5 Å². The predicted octanol–water partition coefficient (Wildman–Crippen LogP) is 6.74. The van der Waals surface area contributed by atoms with Gasteiger partial charge in [0.25, 0.3) is 5.91 Å². The Morgan fingerprint density at radius 2 is 1.48 bits per heavy atom. The summed E-state index contributed by atoms with van der Waals surface area (Å²) in [6.45, 7) is 0. The predicted molar refractivity (Wildman–Crippen MR) is 149 cm³/mol. The molecule has 2 amide bonds. The number of nitrogens with zero attached hydrogens (tertiary/aromatic N) is 2. The average molecular weight is 578 g/mol. The third-order valence-corrected chi connectivity index (χ3v) is 7.33. The lowest BCUT2D eigenvalue weighted by molar-refractivity contribution is -0.153. The van der Waals surface area contributed by atoms with Crippen LogP contribution in [0.25, 0.3) is 22.6 Å². The van der Waals surface area contributed by atoms with Crippen molar-refractivity contribution in [3.8, 4) is 22.6 Å². The highest BCUT2D eigenvalue weighted by Crippen LogP contribution is 2.36. The van der Waals surface area contributed by atoms with E-state index in [1.807, 2.05) is 0 Å². The van der Waals surface area contributed by atoms with Crippen LogP contribution in [0.1, 0.15) is 35.5 Å². The average Bonchev–Trinajstić information content (AvgIpc) is 3.66. The third kappa shape index (κ3) is 5.90. The second-order valence-electron chi connectivity index (χ2n) is 10.0. The molecule has 1 aliphatic rings. The largest absolute Gasteiger partial charge is 0.481 e. The van der Waals surface area contributed by atoms with Crippen molar-refractivity contribution >= 4 is 29.2 Å². The minimum Gasteiger partial charge on any atom is -0.481 e. The summed E-state index contributed by atoms with van der Waals surface area (Å²) < 4.78 is 45.8. The Bertz CT molecular complexity index is 1600. The van der Waals surface area contributed by atoms with Crippen molar-refractivity contribution in [2.45, 2.75) is 25.4 Å². The molecule has 11 heteroatoms. The Kier molecular flexibility index (Phi) is 7.84. The summed E-state index contributed by atoms with van der Waals surface area (Å²) in [7, 11) is 1.62. The molecule has 2 atom stereocenters. The molecule has 42 heavy (non-hydrogen) atoms. The molecule has 1 fully saturated rings. The van der Waals surface area contributed by atoms with E-state index in [0.29, 0.717) is 30.5 Å². The quantitative estimate of drug-likeness (QED) is 0.252. The van der Waals surface area contributed by atoms with Gasteiger partial charge in [-0.15, -0.1) is 0 Å². The zero-order valence-corrected chi connectivity index (χ0v) is 22.4. The number of anilines is 2. The van der Waals surface area contributed by atoms with Crippen LogP contribution in [0.15, 0.2) is 83.3 Å². The molecule has 2 N–H and O–H groups in total. The van der Waals surface area contributed by atoms with Gasteiger partial charge in [-0.1, -0.05) is 48.9 Å². The maximum atomic E-state index is 13.6. The fourth-order valence-corrected chi connectivity index (χ4v) is 5.11. The third-order valence-electron chi connectivity index (χ3n) is 7.33. The van der Waals surface area contributed by atoms with Crippen molar-refractivity contribution in [3.63, 3.8) is 0 Å². The number of rotatable bonds is 7. The van der Waals surface area contributed by atoms with Gasteiger partial charge in [0, 0.05) is 24.0 Å². The van der Waals surface area contributed by atoms with Crippen molar-refractivity contribution in [3.05, 3.63) is 90.3 Å². The van der Waals surface area contributed by atoms with E-state index in [4.69, 9.17) is 4.42 Å². The molecule has 0 aliphatic heterocycles. The molecule has 1 aliphatic carbocycles. The second kappa shape index (κ2) is 11.5. The number of carbonyl (C=O) groups excluding carboxylic acids is 2. The number of aliphatic carboxylic acids is 1. The van der Waals surface area contributed by atoms with Crippen molar-refractivity contribution in [1.82, 2.24) is 4.98 Å². The van der Waals surface area contributed by atoms with Gasteiger partial charge in [-0.3, -0.25) is 14.4 Å². The molecule has 3 aromatic carbocycles. The van der Waals surface area contributed by atoms with Crippen molar-refractivity contribution in [2.75, 3.05) is 17.3 Å². The smallest absolute Gasteiger partial charge is 0.452 e. The van der Waals surface area contributed by atoms with Crippen molar-refractivity contribution < 1.29 is 37.1 Å². The monoisotopic (exact) mass is 577 g/mol. The van der Waals surface area contributed by atoms with E-state index in [1.54, 1.807) is 73.8 Å². The lowest BCUT2D eigenvalue weighted by Crippen LogP contribution is -2.36. The van der Waals surface area contributed by atoms with E-state index in [2.05, 4.69) is 10.3 Å². The number of alkyl halides is 3. The highest BCUT2D eigenvalue weighted by molar-refractivity contribution is 6.04. The Balaban J connectivity index is 1.28. The molecule has 0 saturated heterocycles. The molecule has 0 unspecified atom stereocenters. The van der Waals surface area contributed by atoms with Gasteiger partial charge in [-0.25, -0.2) is 4.98 Å². The summed E-state index contributed by atoms with van der Waals surface area (Å²) in [5.41, 5.74) is 1.87. The van der Waals surface area contributed by atoms with Crippen molar-refractivity contribution in [2.24, 2.45) is 11.8 Å². The molecule has 0 radical (unpaired) electrons. The lowest BCUT2D eigenvalue weighted by atomic mass is 9.94. The molecule has 4 aromatic rings. The molecular formula is C31H26F3N3O5. The normalized spacial score (nSPS) is 16.7. The highest BCUT2D eigenvalue weighted by Gasteiger charge is 2.42. The zero-order chi connectivity index (χ0) is 30.0. The van der Waals surface area contributed by atoms with Crippen LogP contribution in [0.2, 0.25) is 0 Å². The first kappa shape index (κ1) is 28.6. The van der Waals surface area contributed by atoms with Crippen molar-refractivity contribution in [1.29, 1.82) is 0 Å². The minimum atomic E-state index is -4.92. The zero-order valence-electron chi connectivity index (χ0n) is 22.4. The summed E-state index contributed by atoms with van der Waals surface area (Å²) in [5.74, 6) is -5.27. The van der Waals surface area contributed by atoms with E-state index in [0.717, 1.165) is 11.1 Å². The number of hydrogen-bond acceptors (Lipinski definition) is 5. The molecule has 216 valence electrons. The van der Waals surface area contributed by atoms with Crippen LogP contribution < -0.4 is 10.2 Å². The van der Waals surface area contributed by atoms with Gasteiger partial charge in [-0.05, 0) is 60.4 Å². The van der Waals surface area contributed by atoms with E-state index < -0.39 is 41.3 Å². The van der Waals surface area contributed by atoms with Crippen LogP contribution in [-0.2, 0) is 15.8 Å². The molecule has 1 aromatic heterocycles. The first-order valence-corrected chi connectivity index (χ1v) is 13.2. The first-order chi connectivity index (χ1) is 20.0. The van der Waals surface area contributed by atoms with E-state index in [9.17, 15) is 32.7 Å². The Morgan fingerprint density at radius 3 is 2.07 bits per heavy atom. The lowest BCUT2D eigenvalue weighted by Gasteiger charge is -2.23. The summed E-state index contributed by atoms with van der Waals surface area (Å²) in [6.07, 6.45) is -3.18. The summed E-state index contributed by atoms with van der Waals surface area (Å²) in [4.78, 5) is 42.5. The maximum Gasteiger partial charge on any atom is 0.452 e. The minimum absolute atomic E-state index is 0.232. The molecule has 5 rings (SSSR count). The van der Waals surface area contributed by atoms with Crippen LogP contribution in [0, 0.1) is 11.8 Å². The Morgan fingerprint density at radius 1 is 0.881 bits per heavy atom. The molecule has 0 spiro atoms. The second-order valence-corrected chi connectivity index (χ2v) is 10.0. The topological polar surface area (TPSA) is 113 Å². The van der Waals surface area contributed by atoms with E-state index >= 15 is 0 Å². The van der Waals surface area contributed by atoms with Gasteiger partial charge >= 0.3 is 12.1 Å². The van der Waals surface area contributed by atoms with E-state index in [1.165, 1.54) is 17.0 Å². The molecule has 0 bridgehead atoms. The van der Waals surface area contributed by atoms with Gasteiger partial charge in [-0.2, -0.15) is 13.2 Å². The highest BCUT2D eigenvalue weighted by atomic mass is 19.4. The fourth-order valence-electron chi connectivity index (χ4n) is 5.11. The fraction of sp³-hybridized carbons (Fsp3) is 0.226. The number of carboxylic acid groups (broad SMARTS) is 1. The Hall–Kier alpha value is -4.93. The van der Waals surface area contributed by atoms with Gasteiger partial charge < -0.3 is 19.7 Å². The molecular weight excluding hydrogens is 551 g/mol. The van der Waals surface area contributed by atoms with Crippen LogP contribution in [0.5, 0.6) is 0 Å². The maximum absolute atomic E-state index is 13.6. The van der Waals surface area contributed by atoms with Gasteiger partial charge in [0.1, 0.15) is 0 Å². The summed E-state index contributed by atoms with van der Waals surface area (Å²) in [5, 5.41) is 11.9.